The van der Waals surface area contributed by atoms with E-state index in [0.29, 0.717) is 15.9 Å². The van der Waals surface area contributed by atoms with Crippen LogP contribution in [0.1, 0.15) is 38.8 Å². The van der Waals surface area contributed by atoms with E-state index < -0.39 is 51.7 Å². The molecule has 0 bridgehead atoms. The van der Waals surface area contributed by atoms with Crippen LogP contribution in [0.3, 0.4) is 0 Å². The number of nitrogens with zero attached hydrogens (tertiary/aromatic N) is 2. The number of anilines is 1. The molecule has 41 heavy (non-hydrogen) atoms. The number of hydrogen-bond donors (Lipinski definition) is 1. The summed E-state index contributed by atoms with van der Waals surface area (Å²) in [6, 6.07) is 16.9. The Morgan fingerprint density at radius 3 is 2.15 bits per heavy atom. The molecule has 0 saturated heterocycles. The summed E-state index contributed by atoms with van der Waals surface area (Å²) < 4.78 is 69.5. The van der Waals surface area contributed by atoms with Gasteiger partial charge in [0.15, 0.2) is 0 Å². The lowest BCUT2D eigenvalue weighted by Gasteiger charge is -2.33. The summed E-state index contributed by atoms with van der Waals surface area (Å²) in [5.74, 6) is -1.25. The Balaban J connectivity index is 2.09. The van der Waals surface area contributed by atoms with Gasteiger partial charge in [0, 0.05) is 16.6 Å². The van der Waals surface area contributed by atoms with Gasteiger partial charge in [-0.1, -0.05) is 52.3 Å². The zero-order valence-electron chi connectivity index (χ0n) is 22.9. The second-order valence-electron chi connectivity index (χ2n) is 10.4. The Hall–Kier alpha value is -3.38. The van der Waals surface area contributed by atoms with Crippen molar-refractivity contribution in [3.8, 4) is 0 Å². The molecule has 0 aromatic heterocycles. The summed E-state index contributed by atoms with van der Waals surface area (Å²) in [6.45, 7) is 5.94. The summed E-state index contributed by atoms with van der Waals surface area (Å²) in [6.07, 6.45) is -4.74. The van der Waals surface area contributed by atoms with Crippen LogP contribution in [0.25, 0.3) is 0 Å². The summed E-state index contributed by atoms with van der Waals surface area (Å²) in [5.41, 5.74) is -1.37. The number of hydrogen-bond acceptors (Lipinski definition) is 4. The Kier molecular flexibility index (Phi) is 9.91. The van der Waals surface area contributed by atoms with E-state index in [1.54, 1.807) is 51.1 Å². The van der Waals surface area contributed by atoms with E-state index in [1.165, 1.54) is 42.2 Å². The molecular weight excluding hydrogens is 623 g/mol. The van der Waals surface area contributed by atoms with Gasteiger partial charge in [-0.15, -0.1) is 0 Å². The van der Waals surface area contributed by atoms with Crippen LogP contribution in [0.5, 0.6) is 0 Å². The van der Waals surface area contributed by atoms with Gasteiger partial charge < -0.3 is 10.2 Å². The number of carbonyl (C=O) groups excluding carboxylic acids is 2. The topological polar surface area (TPSA) is 86.8 Å². The molecule has 0 saturated carbocycles. The molecule has 220 valence electrons. The lowest BCUT2D eigenvalue weighted by atomic mass is 10.1. The number of nitrogens with one attached hydrogen (secondary N) is 1. The molecule has 0 aliphatic heterocycles. The Bertz CT molecular complexity index is 1490. The molecule has 1 N–H and O–H groups in total. The summed E-state index contributed by atoms with van der Waals surface area (Å²) in [4.78, 5) is 28.0. The largest absolute Gasteiger partial charge is 0.416 e. The summed E-state index contributed by atoms with van der Waals surface area (Å²) in [5, 5.41) is 2.82. The lowest BCUT2D eigenvalue weighted by Crippen LogP contribution is -2.54. The third kappa shape index (κ3) is 8.56. The van der Waals surface area contributed by atoms with Crippen LogP contribution in [-0.4, -0.2) is 43.3 Å². The van der Waals surface area contributed by atoms with Crippen molar-refractivity contribution in [1.82, 2.24) is 10.2 Å². The molecule has 3 aromatic carbocycles. The average molecular weight is 655 g/mol. The first-order valence-corrected chi connectivity index (χ1v) is 14.8. The van der Waals surface area contributed by atoms with E-state index >= 15 is 0 Å². The van der Waals surface area contributed by atoms with Crippen LogP contribution >= 0.6 is 15.9 Å². The van der Waals surface area contributed by atoms with Crippen molar-refractivity contribution in [2.24, 2.45) is 0 Å². The maximum atomic E-state index is 13.9. The van der Waals surface area contributed by atoms with E-state index in [2.05, 4.69) is 21.2 Å². The highest BCUT2D eigenvalue weighted by atomic mass is 79.9. The Morgan fingerprint density at radius 2 is 1.56 bits per heavy atom. The smallest absolute Gasteiger partial charge is 0.350 e. The highest BCUT2D eigenvalue weighted by molar-refractivity contribution is 9.10. The fourth-order valence-electron chi connectivity index (χ4n) is 3.97. The van der Waals surface area contributed by atoms with Crippen LogP contribution < -0.4 is 9.62 Å². The minimum Gasteiger partial charge on any atom is -0.350 e. The molecule has 0 spiro atoms. The van der Waals surface area contributed by atoms with Crippen molar-refractivity contribution in [2.45, 2.75) is 56.9 Å². The van der Waals surface area contributed by atoms with Crippen LogP contribution in [0.2, 0.25) is 0 Å². The van der Waals surface area contributed by atoms with E-state index in [1.807, 2.05) is 0 Å². The fraction of sp³-hybridized carbons (Fsp3) is 0.310. The normalized spacial score (nSPS) is 12.9. The Morgan fingerprint density at radius 1 is 0.927 bits per heavy atom. The number of rotatable bonds is 9. The van der Waals surface area contributed by atoms with Gasteiger partial charge in [-0.3, -0.25) is 13.9 Å². The number of halogens is 4. The number of amides is 2. The van der Waals surface area contributed by atoms with Crippen molar-refractivity contribution in [1.29, 1.82) is 0 Å². The zero-order chi connectivity index (χ0) is 30.6. The van der Waals surface area contributed by atoms with Crippen LogP contribution in [0, 0.1) is 0 Å². The Labute approximate surface area is 246 Å². The fourth-order valence-corrected chi connectivity index (χ4v) is 5.85. The second kappa shape index (κ2) is 12.6. The monoisotopic (exact) mass is 653 g/mol. The molecule has 3 rings (SSSR count). The molecule has 0 aliphatic carbocycles. The third-order valence-corrected chi connectivity index (χ3v) is 8.26. The molecule has 0 heterocycles. The van der Waals surface area contributed by atoms with Gasteiger partial charge in [0.2, 0.25) is 11.8 Å². The molecule has 0 aliphatic rings. The average Bonchev–Trinajstić information content (AvgIpc) is 2.89. The highest BCUT2D eigenvalue weighted by Crippen LogP contribution is 2.33. The summed E-state index contributed by atoms with van der Waals surface area (Å²) in [7, 11) is -4.49. The van der Waals surface area contributed by atoms with Crippen LogP contribution in [0.4, 0.5) is 18.9 Å². The zero-order valence-corrected chi connectivity index (χ0v) is 25.3. The van der Waals surface area contributed by atoms with Crippen LogP contribution in [0.15, 0.2) is 88.2 Å². The molecule has 0 radical (unpaired) electrons. The molecule has 3 aromatic rings. The number of benzene rings is 3. The molecule has 1 atom stereocenters. The summed E-state index contributed by atoms with van der Waals surface area (Å²) >= 11 is 3.38. The number of alkyl halides is 3. The maximum Gasteiger partial charge on any atom is 0.416 e. The second-order valence-corrected chi connectivity index (χ2v) is 13.2. The minimum atomic E-state index is -4.74. The van der Waals surface area contributed by atoms with E-state index in [-0.39, 0.29) is 17.1 Å². The van der Waals surface area contributed by atoms with E-state index in [0.717, 1.165) is 16.6 Å². The first kappa shape index (κ1) is 32.1. The van der Waals surface area contributed by atoms with E-state index in [9.17, 15) is 31.2 Å². The van der Waals surface area contributed by atoms with Crippen LogP contribution in [-0.2, 0) is 32.3 Å². The van der Waals surface area contributed by atoms with Gasteiger partial charge in [0.05, 0.1) is 16.1 Å². The minimum absolute atomic E-state index is 0.0567. The van der Waals surface area contributed by atoms with Gasteiger partial charge in [0.25, 0.3) is 10.0 Å². The van der Waals surface area contributed by atoms with Gasteiger partial charge in [-0.05, 0) is 75.7 Å². The molecule has 0 fully saturated rings. The van der Waals surface area contributed by atoms with Crippen molar-refractivity contribution in [3.63, 3.8) is 0 Å². The van der Waals surface area contributed by atoms with Gasteiger partial charge >= 0.3 is 6.18 Å². The van der Waals surface area contributed by atoms with Gasteiger partial charge in [-0.25, -0.2) is 8.42 Å². The number of carbonyl (C=O) groups is 2. The van der Waals surface area contributed by atoms with E-state index in [4.69, 9.17) is 0 Å². The van der Waals surface area contributed by atoms with Gasteiger partial charge in [-0.2, -0.15) is 13.2 Å². The first-order chi connectivity index (χ1) is 19.0. The van der Waals surface area contributed by atoms with Crippen molar-refractivity contribution < 1.29 is 31.2 Å². The first-order valence-electron chi connectivity index (χ1n) is 12.6. The standard InChI is InChI=1S/C29H31BrF3N3O4S/c1-20(27(38)34-28(2,3)4)35(18-21-10-8-12-23(30)16-21)26(37)19-36(41(39,40)25-14-6-5-7-15-25)24-13-9-11-22(17-24)29(31,32)33/h5-17,20H,18-19H2,1-4H3,(H,34,38). The van der Waals surface area contributed by atoms with Crippen molar-refractivity contribution in [3.05, 3.63) is 94.5 Å². The molecule has 2 amide bonds. The van der Waals surface area contributed by atoms with Crippen molar-refractivity contribution >= 4 is 43.5 Å². The molecule has 7 nitrogen and oxygen atoms in total. The molecule has 12 heteroatoms. The molecule has 1 unspecified atom stereocenters. The SMILES string of the molecule is CC(C(=O)NC(C)(C)C)N(Cc1cccc(Br)c1)C(=O)CN(c1cccc(C(F)(F)F)c1)S(=O)(=O)c1ccccc1. The quantitative estimate of drug-likeness (QED) is 0.307. The molecular formula is C29H31BrF3N3O4S. The third-order valence-electron chi connectivity index (χ3n) is 5.98. The van der Waals surface area contributed by atoms with Gasteiger partial charge in [0.1, 0.15) is 12.6 Å². The maximum absolute atomic E-state index is 13.9. The predicted molar refractivity (Wildman–Crippen MR) is 154 cm³/mol. The lowest BCUT2D eigenvalue weighted by molar-refractivity contribution is -0.140. The highest BCUT2D eigenvalue weighted by Gasteiger charge is 2.35. The van der Waals surface area contributed by atoms with Crippen molar-refractivity contribution in [2.75, 3.05) is 10.8 Å². The number of sulfonamides is 1. The predicted octanol–water partition coefficient (Wildman–Crippen LogP) is 6.00.